The first-order chi connectivity index (χ1) is 12.6. The number of fused-ring (bicyclic) bond motifs is 1. The molecule has 1 aromatic heterocycles. The van der Waals surface area contributed by atoms with Crippen molar-refractivity contribution in [3.63, 3.8) is 0 Å². The molecule has 3 rings (SSSR count). The molecule has 26 heavy (non-hydrogen) atoms. The Labute approximate surface area is 157 Å². The summed E-state index contributed by atoms with van der Waals surface area (Å²) in [6, 6.07) is 9.51. The molecule has 1 aliphatic rings. The minimum atomic E-state index is -0.361. The van der Waals surface area contributed by atoms with Gasteiger partial charge in [0, 0.05) is 29.7 Å². The molecule has 1 N–H and O–H groups in total. The number of ether oxygens (including phenoxy) is 1. The highest BCUT2D eigenvalue weighted by atomic mass is 32.1. The van der Waals surface area contributed by atoms with Crippen LogP contribution in [0.1, 0.15) is 22.9 Å². The monoisotopic (exact) mass is 370 g/mol. The molecule has 0 fully saturated rings. The van der Waals surface area contributed by atoms with Crippen molar-refractivity contribution in [2.24, 2.45) is 0 Å². The molecule has 0 radical (unpaired) electrons. The van der Waals surface area contributed by atoms with E-state index in [4.69, 9.17) is 4.74 Å². The summed E-state index contributed by atoms with van der Waals surface area (Å²) in [6.07, 6.45) is 4.10. The highest BCUT2D eigenvalue weighted by Gasteiger charge is 2.19. The van der Waals surface area contributed by atoms with Gasteiger partial charge in [-0.1, -0.05) is 12.1 Å². The number of hydrogen-bond acceptors (Lipinski definition) is 5. The van der Waals surface area contributed by atoms with Crippen LogP contribution in [-0.2, 0) is 27.3 Å². The van der Waals surface area contributed by atoms with E-state index < -0.39 is 0 Å². The molecule has 2 aromatic rings. The molecule has 136 valence electrons. The zero-order valence-corrected chi connectivity index (χ0v) is 15.6. The highest BCUT2D eigenvalue weighted by Crippen LogP contribution is 2.23. The van der Waals surface area contributed by atoms with Gasteiger partial charge >= 0.3 is 5.97 Å². The third kappa shape index (κ3) is 5.03. The van der Waals surface area contributed by atoms with Gasteiger partial charge in [-0.3, -0.25) is 9.69 Å². The van der Waals surface area contributed by atoms with Gasteiger partial charge in [-0.05, 0) is 54.1 Å². The third-order valence-corrected chi connectivity index (χ3v) is 5.17. The molecule has 5 nitrogen and oxygen atoms in total. The number of esters is 1. The molecule has 1 amide bonds. The van der Waals surface area contributed by atoms with Crippen LogP contribution < -0.4 is 5.32 Å². The number of hydrogen-bond donors (Lipinski definition) is 1. The largest absolute Gasteiger partial charge is 0.463 e. The van der Waals surface area contributed by atoms with Crippen LogP contribution in [0.15, 0.2) is 41.8 Å². The van der Waals surface area contributed by atoms with Crippen molar-refractivity contribution in [1.29, 1.82) is 0 Å². The van der Waals surface area contributed by atoms with Crippen LogP contribution in [-0.4, -0.2) is 36.5 Å². The van der Waals surface area contributed by atoms with Gasteiger partial charge in [0.05, 0.1) is 13.2 Å². The number of nitrogens with zero attached hydrogens (tertiary/aromatic N) is 1. The number of carbonyl (C=O) groups excluding carboxylic acids is 2. The first-order valence-electron chi connectivity index (χ1n) is 8.66. The fraction of sp³-hybridized carbons (Fsp3) is 0.300. The molecule has 2 heterocycles. The topological polar surface area (TPSA) is 58.6 Å². The molecule has 0 aliphatic carbocycles. The zero-order chi connectivity index (χ0) is 18.4. The Balaban J connectivity index is 1.49. The molecular weight excluding hydrogens is 348 g/mol. The lowest BCUT2D eigenvalue weighted by atomic mass is 10.1. The summed E-state index contributed by atoms with van der Waals surface area (Å²) in [4.78, 5) is 27.2. The summed E-state index contributed by atoms with van der Waals surface area (Å²) >= 11 is 1.80. The van der Waals surface area contributed by atoms with Crippen molar-refractivity contribution in [2.45, 2.75) is 19.9 Å². The fourth-order valence-electron chi connectivity index (χ4n) is 2.88. The van der Waals surface area contributed by atoms with Gasteiger partial charge in [-0.2, -0.15) is 0 Å². The lowest BCUT2D eigenvalue weighted by molar-refractivity contribution is -0.137. The summed E-state index contributed by atoms with van der Waals surface area (Å²) in [5.41, 5.74) is 2.96. The number of amides is 1. The van der Waals surface area contributed by atoms with E-state index in [9.17, 15) is 9.59 Å². The quantitative estimate of drug-likeness (QED) is 0.626. The first kappa shape index (κ1) is 18.4. The Morgan fingerprint density at radius 2 is 2.08 bits per heavy atom. The van der Waals surface area contributed by atoms with E-state index in [0.29, 0.717) is 13.2 Å². The number of rotatable bonds is 6. The predicted molar refractivity (Wildman–Crippen MR) is 104 cm³/mol. The van der Waals surface area contributed by atoms with Crippen molar-refractivity contribution in [2.75, 3.05) is 25.0 Å². The summed E-state index contributed by atoms with van der Waals surface area (Å²) in [5.74, 6) is -0.376. The maximum atomic E-state index is 12.3. The Morgan fingerprint density at radius 1 is 1.27 bits per heavy atom. The van der Waals surface area contributed by atoms with E-state index in [1.807, 2.05) is 24.3 Å². The minimum absolute atomic E-state index is 0.0153. The number of thiophene rings is 1. The second-order valence-corrected chi connectivity index (χ2v) is 7.09. The zero-order valence-electron chi connectivity index (χ0n) is 14.7. The molecule has 0 atom stereocenters. The van der Waals surface area contributed by atoms with Crippen LogP contribution in [0.4, 0.5) is 5.69 Å². The molecule has 1 aromatic carbocycles. The lowest BCUT2D eigenvalue weighted by Gasteiger charge is -2.26. The first-order valence-corrected chi connectivity index (χ1v) is 9.54. The number of nitrogens with one attached hydrogen (secondary N) is 1. The maximum absolute atomic E-state index is 12.3. The lowest BCUT2D eigenvalue weighted by Crippen LogP contribution is -2.36. The van der Waals surface area contributed by atoms with Crippen LogP contribution in [0.25, 0.3) is 6.08 Å². The second kappa shape index (κ2) is 8.78. The van der Waals surface area contributed by atoms with Gasteiger partial charge < -0.3 is 10.1 Å². The molecule has 0 saturated heterocycles. The van der Waals surface area contributed by atoms with E-state index in [1.165, 1.54) is 16.5 Å². The Hall–Kier alpha value is -2.44. The van der Waals surface area contributed by atoms with E-state index in [1.54, 1.807) is 24.3 Å². The van der Waals surface area contributed by atoms with Crippen LogP contribution in [0.5, 0.6) is 0 Å². The van der Waals surface area contributed by atoms with E-state index in [0.717, 1.165) is 30.8 Å². The molecule has 1 aliphatic heterocycles. The Morgan fingerprint density at radius 3 is 2.85 bits per heavy atom. The van der Waals surface area contributed by atoms with E-state index >= 15 is 0 Å². The third-order valence-electron chi connectivity index (χ3n) is 4.15. The second-order valence-electron chi connectivity index (χ2n) is 6.09. The van der Waals surface area contributed by atoms with Gasteiger partial charge in [-0.15, -0.1) is 11.3 Å². The molecular formula is C20H22N2O3S. The standard InChI is InChI=1S/C20H22N2O3S/c1-2-25-20(24)8-5-15-3-6-17(7-4-15)21-19(23)14-22-11-9-18-16(13-22)10-12-26-18/h3-8,10,12H,2,9,11,13-14H2,1H3,(H,21,23)/b8-5-. The van der Waals surface area contributed by atoms with Gasteiger partial charge in [0.15, 0.2) is 0 Å². The fourth-order valence-corrected chi connectivity index (χ4v) is 3.77. The number of benzene rings is 1. The van der Waals surface area contributed by atoms with Crippen molar-refractivity contribution < 1.29 is 14.3 Å². The van der Waals surface area contributed by atoms with E-state index in [2.05, 4.69) is 21.7 Å². The number of anilines is 1. The molecule has 6 heteroatoms. The predicted octanol–water partition coefficient (Wildman–Crippen LogP) is 3.32. The number of carbonyl (C=O) groups is 2. The SMILES string of the molecule is CCOC(=O)/C=C\c1ccc(NC(=O)CN2CCc3sccc3C2)cc1. The minimum Gasteiger partial charge on any atom is -0.463 e. The average molecular weight is 370 g/mol. The summed E-state index contributed by atoms with van der Waals surface area (Å²) in [5, 5.41) is 5.04. The van der Waals surface area contributed by atoms with Crippen molar-refractivity contribution in [1.82, 2.24) is 4.90 Å². The molecule has 0 unspecified atom stereocenters. The van der Waals surface area contributed by atoms with Crippen LogP contribution in [0.3, 0.4) is 0 Å². The average Bonchev–Trinajstić information content (AvgIpc) is 3.09. The van der Waals surface area contributed by atoms with Crippen molar-refractivity contribution in [3.8, 4) is 0 Å². The normalized spacial score (nSPS) is 14.2. The Kier molecular flexibility index (Phi) is 6.20. The van der Waals surface area contributed by atoms with Gasteiger partial charge in [0.2, 0.25) is 5.91 Å². The van der Waals surface area contributed by atoms with Crippen LogP contribution >= 0.6 is 11.3 Å². The molecule has 0 saturated carbocycles. The van der Waals surface area contributed by atoms with Crippen LogP contribution in [0, 0.1) is 0 Å². The highest BCUT2D eigenvalue weighted by molar-refractivity contribution is 7.10. The smallest absolute Gasteiger partial charge is 0.330 e. The Bertz CT molecular complexity index is 796. The van der Waals surface area contributed by atoms with Gasteiger partial charge in [0.1, 0.15) is 0 Å². The van der Waals surface area contributed by atoms with Gasteiger partial charge in [-0.25, -0.2) is 4.79 Å². The van der Waals surface area contributed by atoms with Crippen molar-refractivity contribution in [3.05, 3.63) is 57.8 Å². The summed E-state index contributed by atoms with van der Waals surface area (Å²) in [7, 11) is 0. The molecule has 0 spiro atoms. The molecule has 0 bridgehead atoms. The van der Waals surface area contributed by atoms with Crippen LogP contribution in [0.2, 0.25) is 0 Å². The van der Waals surface area contributed by atoms with Crippen molar-refractivity contribution >= 4 is 35.0 Å². The van der Waals surface area contributed by atoms with Gasteiger partial charge in [0.25, 0.3) is 0 Å². The summed E-state index contributed by atoms with van der Waals surface area (Å²) in [6.45, 7) is 4.27. The van der Waals surface area contributed by atoms with E-state index in [-0.39, 0.29) is 11.9 Å². The maximum Gasteiger partial charge on any atom is 0.330 e. The summed E-state index contributed by atoms with van der Waals surface area (Å²) < 4.78 is 4.84.